The average molecular weight is 243 g/mol. The van der Waals surface area contributed by atoms with Gasteiger partial charge < -0.3 is 5.73 Å². The van der Waals surface area contributed by atoms with E-state index in [0.29, 0.717) is 0 Å². The molecule has 0 aliphatic heterocycles. The number of nitrogens with two attached hydrogens (primary N) is 1. The summed E-state index contributed by atoms with van der Waals surface area (Å²) in [4.78, 5) is 0. The molecule has 2 N–H and O–H groups in total. The predicted octanol–water partition coefficient (Wildman–Crippen LogP) is 2.59. The summed E-state index contributed by atoms with van der Waals surface area (Å²) in [5.41, 5.74) is 12.4. The molecule has 0 saturated carbocycles. The van der Waals surface area contributed by atoms with E-state index in [2.05, 4.69) is 31.1 Å². The quantitative estimate of drug-likeness (QED) is 0.900. The summed E-state index contributed by atoms with van der Waals surface area (Å²) >= 11 is 0. The number of hydrogen-bond acceptors (Lipinski definition) is 2. The number of hydrogen-bond donors (Lipinski definition) is 1. The van der Waals surface area contributed by atoms with Gasteiger partial charge in [-0.05, 0) is 43.9 Å². The van der Waals surface area contributed by atoms with Crippen molar-refractivity contribution in [2.45, 2.75) is 33.2 Å². The smallest absolute Gasteiger partial charge is 0.0629 e. The third-order valence-electron chi connectivity index (χ3n) is 3.67. The molecule has 1 heterocycles. The zero-order chi connectivity index (χ0) is 13.3. The van der Waals surface area contributed by atoms with Crippen molar-refractivity contribution >= 4 is 0 Å². The van der Waals surface area contributed by atoms with Gasteiger partial charge in [0.1, 0.15) is 0 Å². The Labute approximate surface area is 109 Å². The van der Waals surface area contributed by atoms with Gasteiger partial charge in [-0.25, -0.2) is 0 Å². The molecule has 96 valence electrons. The van der Waals surface area contributed by atoms with Crippen LogP contribution in [-0.2, 0) is 13.5 Å². The fourth-order valence-electron chi connectivity index (χ4n) is 2.45. The first-order chi connectivity index (χ1) is 8.50. The van der Waals surface area contributed by atoms with Crippen molar-refractivity contribution in [1.82, 2.24) is 9.78 Å². The van der Waals surface area contributed by atoms with E-state index in [9.17, 15) is 0 Å². The first-order valence-electron chi connectivity index (χ1n) is 6.31. The van der Waals surface area contributed by atoms with Crippen LogP contribution in [0.5, 0.6) is 0 Å². The molecule has 0 saturated heterocycles. The van der Waals surface area contributed by atoms with Gasteiger partial charge in [0.25, 0.3) is 0 Å². The fourth-order valence-corrected chi connectivity index (χ4v) is 2.45. The van der Waals surface area contributed by atoms with Crippen molar-refractivity contribution in [3.05, 3.63) is 52.3 Å². The summed E-state index contributed by atoms with van der Waals surface area (Å²) in [6.45, 7) is 6.25. The third-order valence-corrected chi connectivity index (χ3v) is 3.67. The molecule has 2 aromatic rings. The molecular formula is C15H21N3. The molecular weight excluding hydrogens is 222 g/mol. The van der Waals surface area contributed by atoms with Crippen LogP contribution in [0.3, 0.4) is 0 Å². The summed E-state index contributed by atoms with van der Waals surface area (Å²) in [5, 5.41) is 4.44. The van der Waals surface area contributed by atoms with Crippen molar-refractivity contribution in [2.75, 3.05) is 0 Å². The Morgan fingerprint density at radius 2 is 1.89 bits per heavy atom. The molecule has 18 heavy (non-hydrogen) atoms. The van der Waals surface area contributed by atoms with Crippen molar-refractivity contribution in [1.29, 1.82) is 0 Å². The lowest BCUT2D eigenvalue weighted by Gasteiger charge is -2.15. The molecule has 3 nitrogen and oxygen atoms in total. The van der Waals surface area contributed by atoms with Crippen LogP contribution in [0.25, 0.3) is 0 Å². The minimum absolute atomic E-state index is 0.0350. The molecule has 1 aromatic heterocycles. The molecule has 0 radical (unpaired) electrons. The molecule has 0 bridgehead atoms. The molecule has 3 heteroatoms. The number of nitrogens with zero attached hydrogens (tertiary/aromatic N) is 2. The van der Waals surface area contributed by atoms with E-state index in [-0.39, 0.29) is 6.04 Å². The van der Waals surface area contributed by atoms with Gasteiger partial charge in [0.05, 0.1) is 5.69 Å². The fraction of sp³-hybridized carbons (Fsp3) is 0.400. The maximum atomic E-state index is 6.34. The summed E-state index contributed by atoms with van der Waals surface area (Å²) < 4.78 is 1.93. The second kappa shape index (κ2) is 4.94. The number of benzene rings is 1. The molecule has 0 aliphatic carbocycles. The van der Waals surface area contributed by atoms with E-state index < -0.39 is 0 Å². The van der Waals surface area contributed by atoms with E-state index in [4.69, 9.17) is 5.73 Å². The second-order valence-electron chi connectivity index (χ2n) is 4.94. The van der Waals surface area contributed by atoms with Gasteiger partial charge in [-0.2, -0.15) is 5.10 Å². The van der Waals surface area contributed by atoms with Gasteiger partial charge in [0.2, 0.25) is 0 Å². The Kier molecular flexibility index (Phi) is 3.53. The van der Waals surface area contributed by atoms with Gasteiger partial charge in [0.15, 0.2) is 0 Å². The number of aromatic nitrogens is 2. The highest BCUT2D eigenvalue weighted by Crippen LogP contribution is 2.22. The Hall–Kier alpha value is -1.61. The first kappa shape index (κ1) is 12.8. The predicted molar refractivity (Wildman–Crippen MR) is 74.5 cm³/mol. The van der Waals surface area contributed by atoms with E-state index in [1.807, 2.05) is 30.8 Å². The Balaban J connectivity index is 2.27. The largest absolute Gasteiger partial charge is 0.324 e. The Bertz CT molecular complexity index is 555. The van der Waals surface area contributed by atoms with Gasteiger partial charge >= 0.3 is 0 Å². The molecule has 1 unspecified atom stereocenters. The van der Waals surface area contributed by atoms with Crippen LogP contribution in [0.15, 0.2) is 24.3 Å². The van der Waals surface area contributed by atoms with Crippen LogP contribution in [-0.4, -0.2) is 9.78 Å². The highest BCUT2D eigenvalue weighted by Gasteiger charge is 2.15. The van der Waals surface area contributed by atoms with Gasteiger partial charge in [-0.1, -0.05) is 24.3 Å². The van der Waals surface area contributed by atoms with Crippen LogP contribution in [0.2, 0.25) is 0 Å². The van der Waals surface area contributed by atoms with Crippen LogP contribution in [0.4, 0.5) is 0 Å². The maximum Gasteiger partial charge on any atom is 0.0629 e. The molecule has 0 amide bonds. The Morgan fingerprint density at radius 1 is 1.22 bits per heavy atom. The molecule has 0 aliphatic rings. The Morgan fingerprint density at radius 3 is 2.44 bits per heavy atom. The summed E-state index contributed by atoms with van der Waals surface area (Å²) in [6, 6.07) is 8.35. The van der Waals surface area contributed by atoms with Crippen LogP contribution < -0.4 is 5.73 Å². The van der Waals surface area contributed by atoms with Gasteiger partial charge in [-0.3, -0.25) is 4.68 Å². The highest BCUT2D eigenvalue weighted by atomic mass is 15.3. The van der Waals surface area contributed by atoms with Crippen molar-refractivity contribution < 1.29 is 0 Å². The van der Waals surface area contributed by atoms with Crippen molar-refractivity contribution in [2.24, 2.45) is 12.8 Å². The molecule has 1 aromatic carbocycles. The van der Waals surface area contributed by atoms with E-state index in [0.717, 1.165) is 12.1 Å². The zero-order valence-electron chi connectivity index (χ0n) is 11.6. The monoisotopic (exact) mass is 243 g/mol. The molecule has 2 rings (SSSR count). The summed E-state index contributed by atoms with van der Waals surface area (Å²) in [5.74, 6) is 0. The van der Waals surface area contributed by atoms with Crippen LogP contribution >= 0.6 is 0 Å². The molecule has 0 spiro atoms. The van der Waals surface area contributed by atoms with Crippen LogP contribution in [0, 0.1) is 20.8 Å². The highest BCUT2D eigenvalue weighted by molar-refractivity contribution is 5.32. The topological polar surface area (TPSA) is 43.8 Å². The summed E-state index contributed by atoms with van der Waals surface area (Å²) in [7, 11) is 1.98. The van der Waals surface area contributed by atoms with Crippen molar-refractivity contribution in [3.8, 4) is 0 Å². The second-order valence-corrected chi connectivity index (χ2v) is 4.94. The standard InChI is InChI=1S/C15H21N3/c1-10-7-5-6-8-13(10)15(16)9-14-11(2)17-18(4)12(14)3/h5-8,15H,9,16H2,1-4H3. The van der Waals surface area contributed by atoms with Crippen LogP contribution in [0.1, 0.15) is 34.1 Å². The molecule has 0 fully saturated rings. The van der Waals surface area contributed by atoms with E-state index >= 15 is 0 Å². The maximum absolute atomic E-state index is 6.34. The third kappa shape index (κ3) is 2.31. The molecule has 1 atom stereocenters. The zero-order valence-corrected chi connectivity index (χ0v) is 11.6. The minimum atomic E-state index is 0.0350. The number of rotatable bonds is 3. The lowest BCUT2D eigenvalue weighted by atomic mass is 9.95. The number of aryl methyl sites for hydroxylation is 3. The van der Waals surface area contributed by atoms with Gasteiger partial charge in [-0.15, -0.1) is 0 Å². The normalized spacial score (nSPS) is 12.7. The van der Waals surface area contributed by atoms with Crippen molar-refractivity contribution in [3.63, 3.8) is 0 Å². The summed E-state index contributed by atoms with van der Waals surface area (Å²) in [6.07, 6.45) is 0.844. The SMILES string of the molecule is Cc1ccccc1C(N)Cc1c(C)nn(C)c1C. The average Bonchev–Trinajstić information content (AvgIpc) is 2.56. The van der Waals surface area contributed by atoms with Gasteiger partial charge in [0, 0.05) is 18.8 Å². The lowest BCUT2D eigenvalue weighted by molar-refractivity contribution is 0.703. The van der Waals surface area contributed by atoms with E-state index in [1.54, 1.807) is 0 Å². The first-order valence-corrected chi connectivity index (χ1v) is 6.31. The lowest BCUT2D eigenvalue weighted by Crippen LogP contribution is -2.15. The van der Waals surface area contributed by atoms with E-state index in [1.165, 1.54) is 22.4 Å². The minimum Gasteiger partial charge on any atom is -0.324 e.